The predicted molar refractivity (Wildman–Crippen MR) is 483 cm³/mol. The maximum absolute atomic E-state index is 12.5. The summed E-state index contributed by atoms with van der Waals surface area (Å²) in [6, 6.07) is 38.6. The molecule has 41 heteroatoms. The van der Waals surface area contributed by atoms with Crippen molar-refractivity contribution in [2.45, 2.75) is 190 Å². The Morgan fingerprint density at radius 2 is 0.905 bits per heavy atom. The molecule has 2 fully saturated rings. The van der Waals surface area contributed by atoms with Crippen LogP contribution in [0.2, 0.25) is 14.8 Å². The standard InChI is InChI=1S/C17H20N2.C12H10BrN.C11H16F3NO5S.C10H17NO3.C10H16NO2.C8H6F6N2O4S2.C7H7.C5H3Br2N.2CH4.3CH3.BrH.Mg.Sn/c1-2-4-14(5-3-1)10-15-11-17(13-19-12-15)16-6-8-18-9-7-16;13-12-7-11(8-14-9-12)6-10-4-2-1-3-5-10;1-10(2,3)19-9(16)15-6-4-8(5-7-15)20-21(17,18)11(12,13)14;1-10(2,3)14-9(13)11-6-4-8(12)5-7-11;1-10(2,3)13-9(12)11-7-5-4-6-8-11;1-5-2-3-6(15-4-5)16(21(17,18)7(9,10)11)22(19,20)8(12,13)14;1-7-5-3-2-4-6-7;6-4-1-5(7)3-8-2-4;;;;;;;;/h1-5,11-13,16,18H,6-10H2;1-5,7-9H,6H2;4H,5-7H2,1-3H3;4-7H2,1-3H3;5H,6-8H2,1-3H3;2-4H,1H3;2-6H,1H2;1-3H;2*1H4;3*1H3;1H;;/q;;;;;;-1;;;;;;;;+2;/p-1. The first-order valence-electron chi connectivity index (χ1n) is 38.0. The van der Waals surface area contributed by atoms with E-state index < -0.39 is 97.5 Å². The number of halogens is 13. The fourth-order valence-electron chi connectivity index (χ4n) is 10.7. The Morgan fingerprint density at radius 3 is 1.25 bits per heavy atom. The van der Waals surface area contributed by atoms with Gasteiger partial charge in [-0.05, 0) is 199 Å². The zero-order valence-electron chi connectivity index (χ0n) is 71.0. The zero-order chi connectivity index (χ0) is 91.9. The molecule has 0 unspecified atom stereocenters. The number of ether oxygens (including phenoxy) is 3. The van der Waals surface area contributed by atoms with Gasteiger partial charge in [-0.25, -0.2) is 14.6 Å². The number of amides is 3. The van der Waals surface area contributed by atoms with Crippen LogP contribution in [-0.2, 0) is 66.2 Å². The number of benzene rings is 3. The molecule has 3 amide bonds. The summed E-state index contributed by atoms with van der Waals surface area (Å²) in [6.45, 7) is 26.0. The van der Waals surface area contributed by atoms with Crippen molar-refractivity contribution in [3.8, 4) is 0 Å². The molecule has 0 aliphatic carbocycles. The van der Waals surface area contributed by atoms with Crippen molar-refractivity contribution in [2.24, 2.45) is 0 Å². The Morgan fingerprint density at radius 1 is 0.516 bits per heavy atom. The fraction of sp³-hybridized carbons (Fsp3) is 0.447. The van der Waals surface area contributed by atoms with Crippen LogP contribution in [0.25, 0.3) is 0 Å². The second kappa shape index (κ2) is 54.2. The monoisotopic (exact) mass is 2210 g/mol. The summed E-state index contributed by atoms with van der Waals surface area (Å²) in [6.07, 6.45) is 20.4. The minimum Gasteiger partial charge on any atom is -1.00 e. The molecular formula is C85H112Br4F9MgN9O14S3Sn. The van der Waals surface area contributed by atoms with E-state index in [1.54, 1.807) is 52.8 Å². The van der Waals surface area contributed by atoms with Gasteiger partial charge in [0.25, 0.3) is 0 Å². The molecule has 4 aliphatic rings. The number of aryl methyl sites for hydroxylation is 1. The first-order valence-corrected chi connectivity index (χ1v) is 54.7. The number of rotatable bonds is 11. The Balaban J connectivity index is 0.00000144. The summed E-state index contributed by atoms with van der Waals surface area (Å²) in [7, 11) is -19.4. The number of Topliss-reactive ketones (excluding diaryl/α,β-unsaturated/α-hetero) is 1. The minimum atomic E-state index is -6.88. The first kappa shape index (κ1) is 119. The van der Waals surface area contributed by atoms with Crippen LogP contribution in [0.4, 0.5) is 59.7 Å². The number of nitrogens with zero attached hydrogens (tertiary/aromatic N) is 8. The molecule has 0 atom stereocenters. The molecule has 696 valence electrons. The molecule has 4 aliphatic heterocycles. The number of ketones is 1. The number of hydrogen-bond donors (Lipinski definition) is 1. The van der Waals surface area contributed by atoms with E-state index in [0.717, 1.165) is 76.6 Å². The molecule has 0 radical (unpaired) electrons. The van der Waals surface area contributed by atoms with Crippen molar-refractivity contribution < 1.29 is 119 Å². The van der Waals surface area contributed by atoms with E-state index in [9.17, 15) is 83.9 Å². The van der Waals surface area contributed by atoms with Crippen LogP contribution in [0.15, 0.2) is 200 Å². The second-order valence-electron chi connectivity index (χ2n) is 31.6. The number of anilines is 1. The largest absolute Gasteiger partial charge is 2.00 e. The van der Waals surface area contributed by atoms with Gasteiger partial charge in [0.2, 0.25) is 0 Å². The fourth-order valence-corrected chi connectivity index (χ4v) is 19.8. The molecule has 3 aromatic carbocycles. The number of carbonyl (C=O) groups is 4. The van der Waals surface area contributed by atoms with E-state index in [1.165, 1.54) is 52.5 Å². The van der Waals surface area contributed by atoms with Crippen molar-refractivity contribution in [3.05, 3.63) is 245 Å². The topological polar surface area (TPSA) is 284 Å². The van der Waals surface area contributed by atoms with Crippen LogP contribution in [0.5, 0.6) is 0 Å². The van der Waals surface area contributed by atoms with Gasteiger partial charge in [-0.1, -0.05) is 93.7 Å². The quantitative estimate of drug-likeness (QED) is 0.0314. The summed E-state index contributed by atoms with van der Waals surface area (Å²) in [5.41, 5.74) is -11.6. The van der Waals surface area contributed by atoms with Crippen LogP contribution in [0, 0.1) is 13.8 Å². The van der Waals surface area contributed by atoms with E-state index in [1.807, 2.05) is 103 Å². The summed E-state index contributed by atoms with van der Waals surface area (Å²) >= 11 is 8.05. The minimum absolute atomic E-state index is 0. The molecular weight excluding hydrogens is 2100 g/mol. The number of nitrogens with one attached hydrogen (secondary N) is 1. The van der Waals surface area contributed by atoms with Gasteiger partial charge in [0.15, 0.2) is 5.82 Å². The summed E-state index contributed by atoms with van der Waals surface area (Å²) in [4.78, 5) is 73.4. The molecule has 23 nitrogen and oxygen atoms in total. The van der Waals surface area contributed by atoms with Gasteiger partial charge < -0.3 is 45.8 Å². The van der Waals surface area contributed by atoms with Crippen LogP contribution in [-0.4, -0.2) is 211 Å². The zero-order valence-corrected chi connectivity index (χ0v) is 84.0. The normalized spacial score (nSPS) is 14.4. The van der Waals surface area contributed by atoms with Crippen molar-refractivity contribution in [1.29, 1.82) is 0 Å². The van der Waals surface area contributed by atoms with Gasteiger partial charge in [-0.2, -0.15) is 89.4 Å². The smallest absolute Gasteiger partial charge is 1.00 e. The van der Waals surface area contributed by atoms with Gasteiger partial charge in [0.05, 0.1) is 0 Å². The Labute approximate surface area is 792 Å². The molecule has 126 heavy (non-hydrogen) atoms. The Hall–Kier alpha value is -6.65. The van der Waals surface area contributed by atoms with Gasteiger partial charge >= 0.3 is 191 Å². The average Bonchev–Trinajstić information content (AvgIpc) is 0.738. The van der Waals surface area contributed by atoms with E-state index in [2.05, 4.69) is 172 Å². The molecule has 4 aromatic heterocycles. The average molecular weight is 2210 g/mol. The third kappa shape index (κ3) is 44.8. The van der Waals surface area contributed by atoms with Crippen LogP contribution < -0.4 is 26.0 Å². The summed E-state index contributed by atoms with van der Waals surface area (Å²) < 4.78 is 200. The third-order valence-corrected chi connectivity index (χ3v) is 29.3. The van der Waals surface area contributed by atoms with Crippen molar-refractivity contribution in [3.63, 3.8) is 0 Å². The van der Waals surface area contributed by atoms with Crippen molar-refractivity contribution >= 4 is 149 Å². The third-order valence-electron chi connectivity index (χ3n) is 16.6. The van der Waals surface area contributed by atoms with E-state index in [0.29, 0.717) is 44.1 Å². The van der Waals surface area contributed by atoms with Crippen LogP contribution in [0.1, 0.15) is 161 Å². The number of likely N-dealkylation sites (tertiary alicyclic amines) is 1. The molecule has 2 saturated heterocycles. The van der Waals surface area contributed by atoms with Gasteiger partial charge in [0, 0.05) is 102 Å². The first-order chi connectivity index (χ1) is 56.4. The van der Waals surface area contributed by atoms with Crippen molar-refractivity contribution in [1.82, 2.24) is 40.0 Å². The number of alkyl halides is 9. The molecule has 1 N–H and O–H groups in total. The molecule has 0 saturated carbocycles. The number of hydrogen-bond acceptors (Lipinski definition) is 19. The maximum Gasteiger partial charge on any atom is 2.00 e. The number of sulfonamides is 2. The summed E-state index contributed by atoms with van der Waals surface area (Å²) in [5.74, 6) is -0.985. The number of piperidine rings is 2. The molecule has 7 aromatic rings. The molecule has 0 spiro atoms. The van der Waals surface area contributed by atoms with E-state index >= 15 is 0 Å². The Kier molecular flexibility index (Phi) is 51.4. The van der Waals surface area contributed by atoms with Crippen LogP contribution >= 0.6 is 47.8 Å². The predicted octanol–water partition coefficient (Wildman–Crippen LogP) is 18.2. The number of carbonyl (C=O) groups excluding carboxylic acids is 4. The van der Waals surface area contributed by atoms with Gasteiger partial charge in [0.1, 0.15) is 22.7 Å². The maximum atomic E-state index is 12.5. The second-order valence-corrected chi connectivity index (χ2v) is 54.3. The summed E-state index contributed by atoms with van der Waals surface area (Å²) in [5, 5.41) is 3.42. The molecule has 8 heterocycles. The van der Waals surface area contributed by atoms with E-state index in [4.69, 9.17) is 14.2 Å². The Bertz CT molecular complexity index is 4850. The van der Waals surface area contributed by atoms with Gasteiger partial charge in [-0.3, -0.25) is 19.7 Å². The van der Waals surface area contributed by atoms with E-state index in [-0.39, 0.29) is 104 Å². The number of aromatic nitrogens is 4. The molecule has 11 rings (SSSR count). The SMILES string of the molecule is Brc1cncc(Br)c1.Brc1cncc(Cc2ccccc2)c1.C.C.CC(C)(C)OC(=O)N1CC=C(OS(=O)(=O)C(F)(F)F)CC1.CC(C)(C)OC(=O)N1CC=[C]([Sn]([CH3])([CH3])[CH3])CC1.CC(C)(C)OC(=O)N1CCC(=O)CC1.Cc1ccc(N(S(=O)(=O)C(F)(F)F)S(=O)(=O)C(F)(F)F)nc1.[Br-].[CH2-]c1ccccc1.[Mg+2].c1ccc(Cc2cncc(C3CCNCC3)c2)cc1. The molecule has 0 bridgehead atoms. The number of pyridine rings is 4. The van der Waals surface area contributed by atoms with Gasteiger partial charge in [-0.15, -0.1) is 15.8 Å². The van der Waals surface area contributed by atoms with Crippen molar-refractivity contribution in [2.75, 3.05) is 56.1 Å². The van der Waals surface area contributed by atoms with Crippen LogP contribution in [0.3, 0.4) is 0 Å².